The molecule has 1 atom stereocenters. The number of aromatic nitrogens is 2. The van der Waals surface area contributed by atoms with E-state index < -0.39 is 0 Å². The van der Waals surface area contributed by atoms with E-state index in [4.69, 9.17) is 10.5 Å². The van der Waals surface area contributed by atoms with Gasteiger partial charge in [-0.15, -0.1) is 0 Å². The van der Waals surface area contributed by atoms with Crippen molar-refractivity contribution in [2.24, 2.45) is 5.73 Å². The molecule has 0 aliphatic heterocycles. The molecule has 0 unspecified atom stereocenters. The number of hydrogen-bond donors (Lipinski definition) is 2. The molecule has 0 bridgehead atoms. The Bertz CT molecular complexity index is 462. The van der Waals surface area contributed by atoms with Crippen LogP contribution in [0.15, 0.2) is 18.2 Å². The molecule has 0 spiro atoms. The molecule has 0 aliphatic carbocycles. The van der Waals surface area contributed by atoms with Crippen molar-refractivity contribution in [3.8, 4) is 5.75 Å². The van der Waals surface area contributed by atoms with Crippen molar-refractivity contribution < 1.29 is 4.74 Å². The van der Waals surface area contributed by atoms with Crippen LogP contribution in [0.5, 0.6) is 5.75 Å². The Morgan fingerprint density at radius 3 is 3.00 bits per heavy atom. The first-order chi connectivity index (χ1) is 7.20. The number of imidazole rings is 1. The number of ether oxygens (including phenoxy) is 1. The quantitative estimate of drug-likeness (QED) is 0.805. The van der Waals surface area contributed by atoms with Gasteiger partial charge in [-0.05, 0) is 26.0 Å². The van der Waals surface area contributed by atoms with Crippen molar-refractivity contribution in [2.75, 3.05) is 6.61 Å². The largest absolute Gasteiger partial charge is 0.494 e. The van der Waals surface area contributed by atoms with Gasteiger partial charge in [0.25, 0.3) is 0 Å². The highest BCUT2D eigenvalue weighted by Gasteiger charge is 2.06. The fourth-order valence-electron chi connectivity index (χ4n) is 1.48. The van der Waals surface area contributed by atoms with Crippen LogP contribution in [0, 0.1) is 0 Å². The van der Waals surface area contributed by atoms with Crippen LogP contribution in [-0.2, 0) is 0 Å². The first-order valence-electron chi connectivity index (χ1n) is 5.08. The zero-order valence-electron chi connectivity index (χ0n) is 8.95. The van der Waals surface area contributed by atoms with Crippen molar-refractivity contribution >= 4 is 11.0 Å². The van der Waals surface area contributed by atoms with Gasteiger partial charge in [-0.1, -0.05) is 0 Å². The van der Waals surface area contributed by atoms with Crippen molar-refractivity contribution in [3.05, 3.63) is 24.0 Å². The van der Waals surface area contributed by atoms with Crippen LogP contribution in [0.2, 0.25) is 0 Å². The normalized spacial score (nSPS) is 13.0. The van der Waals surface area contributed by atoms with Crippen molar-refractivity contribution in [2.45, 2.75) is 19.9 Å². The predicted molar refractivity (Wildman–Crippen MR) is 59.9 cm³/mol. The molecule has 15 heavy (non-hydrogen) atoms. The lowest BCUT2D eigenvalue weighted by molar-refractivity contribution is 0.340. The lowest BCUT2D eigenvalue weighted by atomic mass is 10.3. The first kappa shape index (κ1) is 9.98. The molecule has 0 amide bonds. The second kappa shape index (κ2) is 3.90. The number of H-pyrrole nitrogens is 1. The van der Waals surface area contributed by atoms with Gasteiger partial charge in [0.1, 0.15) is 11.6 Å². The van der Waals surface area contributed by atoms with E-state index in [0.717, 1.165) is 22.6 Å². The maximum atomic E-state index is 5.75. The molecule has 4 nitrogen and oxygen atoms in total. The SMILES string of the molecule is CCOc1ccc2nc([C@H](C)N)[nH]c2c1. The highest BCUT2D eigenvalue weighted by atomic mass is 16.5. The Hall–Kier alpha value is -1.55. The number of nitrogens with zero attached hydrogens (tertiary/aromatic N) is 1. The molecule has 1 heterocycles. The minimum Gasteiger partial charge on any atom is -0.494 e. The lowest BCUT2D eigenvalue weighted by Crippen LogP contribution is -2.06. The van der Waals surface area contributed by atoms with E-state index in [1.165, 1.54) is 0 Å². The third-order valence-corrected chi connectivity index (χ3v) is 2.21. The highest BCUT2D eigenvalue weighted by Crippen LogP contribution is 2.20. The predicted octanol–water partition coefficient (Wildman–Crippen LogP) is 1.98. The van der Waals surface area contributed by atoms with Gasteiger partial charge < -0.3 is 15.5 Å². The maximum absolute atomic E-state index is 5.75. The Balaban J connectivity index is 2.43. The first-order valence-corrected chi connectivity index (χ1v) is 5.08. The Kier molecular flexibility index (Phi) is 2.60. The van der Waals surface area contributed by atoms with E-state index in [-0.39, 0.29) is 6.04 Å². The molecule has 0 saturated heterocycles. The Labute approximate surface area is 88.5 Å². The molecule has 1 aromatic carbocycles. The van der Waals surface area contributed by atoms with Crippen LogP contribution in [0.1, 0.15) is 25.7 Å². The highest BCUT2D eigenvalue weighted by molar-refractivity contribution is 5.76. The average Bonchev–Trinajstić information content (AvgIpc) is 2.61. The number of nitrogens with one attached hydrogen (secondary N) is 1. The zero-order chi connectivity index (χ0) is 10.8. The second-order valence-corrected chi connectivity index (χ2v) is 3.52. The summed E-state index contributed by atoms with van der Waals surface area (Å²) in [6.45, 7) is 4.53. The third-order valence-electron chi connectivity index (χ3n) is 2.21. The molecule has 2 aromatic rings. The van der Waals surface area contributed by atoms with Gasteiger partial charge in [-0.3, -0.25) is 0 Å². The molecular weight excluding hydrogens is 190 g/mol. The molecule has 80 valence electrons. The van der Waals surface area contributed by atoms with Crippen LogP contribution in [0.25, 0.3) is 11.0 Å². The van der Waals surface area contributed by atoms with Crippen LogP contribution in [-0.4, -0.2) is 16.6 Å². The Morgan fingerprint density at radius 2 is 2.33 bits per heavy atom. The topological polar surface area (TPSA) is 63.9 Å². The van der Waals surface area contributed by atoms with Gasteiger partial charge in [0, 0.05) is 6.07 Å². The molecular formula is C11H15N3O. The maximum Gasteiger partial charge on any atom is 0.123 e. The van der Waals surface area contributed by atoms with Gasteiger partial charge in [-0.25, -0.2) is 4.98 Å². The van der Waals surface area contributed by atoms with Gasteiger partial charge in [0.2, 0.25) is 0 Å². The van der Waals surface area contributed by atoms with Gasteiger partial charge in [0.15, 0.2) is 0 Å². The summed E-state index contributed by atoms with van der Waals surface area (Å²) in [5.41, 5.74) is 7.64. The van der Waals surface area contributed by atoms with Gasteiger partial charge in [-0.2, -0.15) is 0 Å². The van der Waals surface area contributed by atoms with E-state index in [9.17, 15) is 0 Å². The molecule has 0 radical (unpaired) electrons. The monoisotopic (exact) mass is 205 g/mol. The van der Waals surface area contributed by atoms with Gasteiger partial charge in [0.05, 0.1) is 23.7 Å². The number of hydrogen-bond acceptors (Lipinski definition) is 3. The number of rotatable bonds is 3. The van der Waals surface area contributed by atoms with E-state index in [2.05, 4.69) is 9.97 Å². The van der Waals surface area contributed by atoms with Crippen LogP contribution in [0.4, 0.5) is 0 Å². The van der Waals surface area contributed by atoms with E-state index in [0.29, 0.717) is 6.61 Å². The van der Waals surface area contributed by atoms with Crippen molar-refractivity contribution in [1.29, 1.82) is 0 Å². The summed E-state index contributed by atoms with van der Waals surface area (Å²) in [6.07, 6.45) is 0. The summed E-state index contributed by atoms with van der Waals surface area (Å²) in [7, 11) is 0. The van der Waals surface area contributed by atoms with E-state index >= 15 is 0 Å². The third kappa shape index (κ3) is 1.94. The standard InChI is InChI=1S/C11H15N3O/c1-3-15-8-4-5-9-10(6-8)14-11(13-9)7(2)12/h4-7H,3,12H2,1-2H3,(H,13,14)/t7-/m0/s1. The van der Waals surface area contributed by atoms with Crippen LogP contribution >= 0.6 is 0 Å². The number of aromatic amines is 1. The smallest absolute Gasteiger partial charge is 0.123 e. The Morgan fingerprint density at radius 1 is 1.53 bits per heavy atom. The van der Waals surface area contributed by atoms with Crippen molar-refractivity contribution in [3.63, 3.8) is 0 Å². The summed E-state index contributed by atoms with van der Waals surface area (Å²) in [4.78, 5) is 7.56. The average molecular weight is 205 g/mol. The molecule has 1 aromatic heterocycles. The number of fused-ring (bicyclic) bond motifs is 1. The van der Waals surface area contributed by atoms with E-state index in [1.807, 2.05) is 32.0 Å². The summed E-state index contributed by atoms with van der Waals surface area (Å²) >= 11 is 0. The second-order valence-electron chi connectivity index (χ2n) is 3.52. The summed E-state index contributed by atoms with van der Waals surface area (Å²) in [5.74, 6) is 1.66. The fourth-order valence-corrected chi connectivity index (χ4v) is 1.48. The molecule has 0 saturated carbocycles. The lowest BCUT2D eigenvalue weighted by Gasteiger charge is -2.00. The number of benzene rings is 1. The van der Waals surface area contributed by atoms with Gasteiger partial charge >= 0.3 is 0 Å². The van der Waals surface area contributed by atoms with Crippen molar-refractivity contribution in [1.82, 2.24) is 9.97 Å². The summed E-state index contributed by atoms with van der Waals surface area (Å²) in [5, 5.41) is 0. The molecule has 3 N–H and O–H groups in total. The fraction of sp³-hybridized carbons (Fsp3) is 0.364. The summed E-state index contributed by atoms with van der Waals surface area (Å²) in [6, 6.07) is 5.71. The zero-order valence-corrected chi connectivity index (χ0v) is 8.95. The molecule has 2 rings (SSSR count). The van der Waals surface area contributed by atoms with Crippen LogP contribution in [0.3, 0.4) is 0 Å². The summed E-state index contributed by atoms with van der Waals surface area (Å²) < 4.78 is 5.40. The minimum atomic E-state index is -0.0760. The van der Waals surface area contributed by atoms with E-state index in [1.54, 1.807) is 0 Å². The number of nitrogens with two attached hydrogens (primary N) is 1. The molecule has 4 heteroatoms. The molecule has 0 aliphatic rings. The minimum absolute atomic E-state index is 0.0760. The molecule has 0 fully saturated rings. The van der Waals surface area contributed by atoms with Crippen LogP contribution < -0.4 is 10.5 Å².